The average molecular weight is 190 g/mol. The fourth-order valence-electron chi connectivity index (χ4n) is 1.24. The van der Waals surface area contributed by atoms with Crippen LogP contribution in [0.1, 0.15) is 31.0 Å². The van der Waals surface area contributed by atoms with Gasteiger partial charge in [-0.3, -0.25) is 0 Å². The number of hydrogen-bond donors (Lipinski definition) is 0. The van der Waals surface area contributed by atoms with E-state index in [1.807, 2.05) is 12.1 Å². The first-order valence-corrected chi connectivity index (χ1v) is 4.74. The molecular formula is C11H14N2O. The Kier molecular flexibility index (Phi) is 3.93. The summed E-state index contributed by atoms with van der Waals surface area (Å²) in [5, 5.41) is 8.72. The van der Waals surface area contributed by atoms with Crippen LogP contribution < -0.4 is 4.74 Å². The molecule has 0 saturated carbocycles. The summed E-state index contributed by atoms with van der Waals surface area (Å²) in [6.45, 7) is 2.15. The van der Waals surface area contributed by atoms with Crippen LogP contribution in [0.4, 0.5) is 0 Å². The van der Waals surface area contributed by atoms with Gasteiger partial charge in [0.15, 0.2) is 11.4 Å². The fraction of sp³-hybridized carbons (Fsp3) is 0.455. The second-order valence-electron chi connectivity index (χ2n) is 3.11. The second kappa shape index (κ2) is 5.23. The predicted octanol–water partition coefficient (Wildman–Crippen LogP) is 2.30. The molecule has 0 saturated heterocycles. The molecule has 0 aliphatic rings. The Balaban J connectivity index is 2.86. The van der Waals surface area contributed by atoms with Crippen LogP contribution in [-0.2, 0) is 6.42 Å². The van der Waals surface area contributed by atoms with E-state index >= 15 is 0 Å². The molecule has 0 atom stereocenters. The molecule has 0 aliphatic heterocycles. The molecule has 1 aromatic heterocycles. The maximum Gasteiger partial charge on any atom is 0.182 e. The molecule has 0 radical (unpaired) electrons. The molecule has 0 spiro atoms. The van der Waals surface area contributed by atoms with Gasteiger partial charge in [0, 0.05) is 6.20 Å². The molecule has 3 heteroatoms. The van der Waals surface area contributed by atoms with Crippen molar-refractivity contribution in [2.45, 2.75) is 26.2 Å². The van der Waals surface area contributed by atoms with Crippen molar-refractivity contribution in [2.75, 3.05) is 7.11 Å². The lowest BCUT2D eigenvalue weighted by Crippen LogP contribution is -1.94. The van der Waals surface area contributed by atoms with Crippen LogP contribution in [-0.4, -0.2) is 12.1 Å². The van der Waals surface area contributed by atoms with E-state index in [2.05, 4.69) is 11.9 Å². The van der Waals surface area contributed by atoms with Crippen molar-refractivity contribution in [2.24, 2.45) is 0 Å². The summed E-state index contributed by atoms with van der Waals surface area (Å²) >= 11 is 0. The molecule has 0 aliphatic carbocycles. The Morgan fingerprint density at radius 1 is 1.57 bits per heavy atom. The number of rotatable bonds is 4. The smallest absolute Gasteiger partial charge is 0.182 e. The number of methoxy groups -OCH3 is 1. The van der Waals surface area contributed by atoms with Gasteiger partial charge in [-0.1, -0.05) is 13.3 Å². The van der Waals surface area contributed by atoms with E-state index in [4.69, 9.17) is 10.00 Å². The summed E-state index contributed by atoms with van der Waals surface area (Å²) in [4.78, 5) is 4.03. The third kappa shape index (κ3) is 2.46. The third-order valence-corrected chi connectivity index (χ3v) is 2.05. The Morgan fingerprint density at radius 3 is 2.93 bits per heavy atom. The second-order valence-corrected chi connectivity index (χ2v) is 3.11. The van der Waals surface area contributed by atoms with E-state index in [-0.39, 0.29) is 0 Å². The quantitative estimate of drug-likeness (QED) is 0.731. The van der Waals surface area contributed by atoms with E-state index in [0.29, 0.717) is 11.4 Å². The number of aromatic nitrogens is 1. The number of nitrogens with zero attached hydrogens (tertiary/aromatic N) is 2. The number of pyridine rings is 1. The molecule has 0 fully saturated rings. The van der Waals surface area contributed by atoms with Gasteiger partial charge in [0.2, 0.25) is 0 Å². The van der Waals surface area contributed by atoms with Crippen molar-refractivity contribution in [3.05, 3.63) is 23.5 Å². The van der Waals surface area contributed by atoms with Crippen LogP contribution >= 0.6 is 0 Å². The highest BCUT2D eigenvalue weighted by Gasteiger charge is 2.04. The summed E-state index contributed by atoms with van der Waals surface area (Å²) in [5.41, 5.74) is 1.48. The van der Waals surface area contributed by atoms with Crippen molar-refractivity contribution in [3.63, 3.8) is 0 Å². The molecule has 0 bridgehead atoms. The van der Waals surface area contributed by atoms with Gasteiger partial charge in [0.05, 0.1) is 7.11 Å². The minimum Gasteiger partial charge on any atom is -0.494 e. The van der Waals surface area contributed by atoms with Gasteiger partial charge in [-0.15, -0.1) is 0 Å². The van der Waals surface area contributed by atoms with Crippen molar-refractivity contribution in [1.82, 2.24) is 4.98 Å². The van der Waals surface area contributed by atoms with Crippen molar-refractivity contribution >= 4 is 0 Å². The van der Waals surface area contributed by atoms with E-state index in [9.17, 15) is 0 Å². The lowest BCUT2D eigenvalue weighted by Gasteiger charge is -2.04. The van der Waals surface area contributed by atoms with Crippen LogP contribution in [0.15, 0.2) is 12.3 Å². The number of hydrogen-bond acceptors (Lipinski definition) is 3. The zero-order chi connectivity index (χ0) is 10.4. The Bertz CT molecular complexity index is 342. The first-order chi connectivity index (χ1) is 6.81. The largest absolute Gasteiger partial charge is 0.494 e. The molecule has 3 nitrogen and oxygen atoms in total. The highest BCUT2D eigenvalue weighted by atomic mass is 16.5. The molecule has 74 valence electrons. The van der Waals surface area contributed by atoms with Gasteiger partial charge in [0.1, 0.15) is 6.07 Å². The standard InChI is InChI=1S/C11H14N2O/c1-3-4-5-9-6-11(14-2)10(7-12)13-8-9/h6,8H,3-5H2,1-2H3. The van der Waals surface area contributed by atoms with Gasteiger partial charge in [0.25, 0.3) is 0 Å². The first kappa shape index (κ1) is 10.5. The average Bonchev–Trinajstić information content (AvgIpc) is 2.25. The minimum absolute atomic E-state index is 0.354. The Morgan fingerprint density at radius 2 is 2.36 bits per heavy atom. The SMILES string of the molecule is CCCCc1cnc(C#N)c(OC)c1. The molecule has 14 heavy (non-hydrogen) atoms. The van der Waals surface area contributed by atoms with E-state index in [0.717, 1.165) is 24.8 Å². The molecule has 1 aromatic rings. The maximum atomic E-state index is 8.72. The Hall–Kier alpha value is -1.56. The Labute approximate surface area is 84.3 Å². The lowest BCUT2D eigenvalue weighted by molar-refractivity contribution is 0.410. The fourth-order valence-corrected chi connectivity index (χ4v) is 1.24. The zero-order valence-corrected chi connectivity index (χ0v) is 8.58. The predicted molar refractivity (Wildman–Crippen MR) is 54.1 cm³/mol. The number of ether oxygens (including phenoxy) is 1. The zero-order valence-electron chi connectivity index (χ0n) is 8.58. The summed E-state index contributed by atoms with van der Waals surface area (Å²) in [5.74, 6) is 0.570. The summed E-state index contributed by atoms with van der Waals surface area (Å²) in [6, 6.07) is 3.88. The summed E-state index contributed by atoms with van der Waals surface area (Å²) in [7, 11) is 1.56. The molecular weight excluding hydrogens is 176 g/mol. The van der Waals surface area contributed by atoms with Crippen LogP contribution in [0.25, 0.3) is 0 Å². The van der Waals surface area contributed by atoms with Gasteiger partial charge < -0.3 is 4.74 Å². The van der Waals surface area contributed by atoms with Gasteiger partial charge in [-0.2, -0.15) is 5.26 Å². The van der Waals surface area contributed by atoms with E-state index in [1.54, 1.807) is 13.3 Å². The maximum absolute atomic E-state index is 8.72. The van der Waals surface area contributed by atoms with Gasteiger partial charge in [-0.25, -0.2) is 4.98 Å². The lowest BCUT2D eigenvalue weighted by atomic mass is 10.1. The highest BCUT2D eigenvalue weighted by Crippen LogP contribution is 2.17. The summed E-state index contributed by atoms with van der Waals surface area (Å²) in [6.07, 6.45) is 5.03. The normalized spacial score (nSPS) is 9.50. The topological polar surface area (TPSA) is 45.9 Å². The number of nitriles is 1. The molecule has 0 amide bonds. The summed E-state index contributed by atoms with van der Waals surface area (Å²) < 4.78 is 5.07. The van der Waals surface area contributed by atoms with Crippen LogP contribution in [0.5, 0.6) is 5.75 Å². The van der Waals surface area contributed by atoms with Crippen molar-refractivity contribution in [3.8, 4) is 11.8 Å². The highest BCUT2D eigenvalue weighted by molar-refractivity contribution is 5.39. The molecule has 0 N–H and O–H groups in total. The third-order valence-electron chi connectivity index (χ3n) is 2.05. The van der Waals surface area contributed by atoms with Crippen LogP contribution in [0, 0.1) is 11.3 Å². The first-order valence-electron chi connectivity index (χ1n) is 4.74. The molecule has 0 unspecified atom stereocenters. The van der Waals surface area contributed by atoms with Gasteiger partial charge >= 0.3 is 0 Å². The number of unbranched alkanes of at least 4 members (excludes halogenated alkanes) is 1. The van der Waals surface area contributed by atoms with Gasteiger partial charge in [-0.05, 0) is 24.5 Å². The van der Waals surface area contributed by atoms with E-state index in [1.165, 1.54) is 0 Å². The van der Waals surface area contributed by atoms with E-state index < -0.39 is 0 Å². The monoisotopic (exact) mass is 190 g/mol. The van der Waals surface area contributed by atoms with Crippen molar-refractivity contribution in [1.29, 1.82) is 5.26 Å². The molecule has 1 rings (SSSR count). The van der Waals surface area contributed by atoms with Crippen molar-refractivity contribution < 1.29 is 4.74 Å². The number of aryl methyl sites for hydroxylation is 1. The van der Waals surface area contributed by atoms with Crippen LogP contribution in [0.2, 0.25) is 0 Å². The minimum atomic E-state index is 0.354. The molecule has 0 aromatic carbocycles. The van der Waals surface area contributed by atoms with Crippen LogP contribution in [0.3, 0.4) is 0 Å². The molecule has 1 heterocycles.